The first kappa shape index (κ1) is 18.2. The Balaban J connectivity index is 1.74. The molecule has 0 saturated carbocycles. The van der Waals surface area contributed by atoms with Crippen LogP contribution in [-0.4, -0.2) is 16.9 Å². The summed E-state index contributed by atoms with van der Waals surface area (Å²) in [5.74, 6) is 0.912. The topological polar surface area (TPSA) is 52.3 Å². The molecule has 2 aromatic heterocycles. The zero-order chi connectivity index (χ0) is 19.5. The van der Waals surface area contributed by atoms with Gasteiger partial charge in [0.2, 0.25) is 5.89 Å². The summed E-state index contributed by atoms with van der Waals surface area (Å²) in [5, 5.41) is 1.97. The average molecular weight is 389 g/mol. The molecule has 0 fully saturated rings. The van der Waals surface area contributed by atoms with Gasteiger partial charge in [-0.3, -0.25) is 4.79 Å². The number of hydrogen-bond acceptors (Lipinski definition) is 5. The molecule has 4 aromatic rings. The number of Topliss-reactive ketones (excluding diaryl/α,β-unsaturated/α-hetero) is 1. The lowest BCUT2D eigenvalue weighted by atomic mass is 10.0. The van der Waals surface area contributed by atoms with Gasteiger partial charge in [0.1, 0.15) is 11.3 Å². The second-order valence-corrected chi connectivity index (χ2v) is 7.56. The van der Waals surface area contributed by atoms with Crippen molar-refractivity contribution in [3.63, 3.8) is 0 Å². The number of thiophene rings is 1. The van der Waals surface area contributed by atoms with E-state index in [4.69, 9.17) is 9.15 Å². The Morgan fingerprint density at radius 2 is 1.86 bits per heavy atom. The highest BCUT2D eigenvalue weighted by Gasteiger charge is 2.20. The number of nitrogens with zero attached hydrogens (tertiary/aromatic N) is 1. The van der Waals surface area contributed by atoms with Gasteiger partial charge in [0.05, 0.1) is 11.7 Å². The molecule has 5 heteroatoms. The standard InChI is InChI=1S/C23H19NO3S/c1-15(2)26-17-11-9-16(10-12-17)22(25)19(14-18-6-5-13-28-18)23-24-20-7-3-4-8-21(20)27-23/h3-15H,1-2H3/b19-14+. The van der Waals surface area contributed by atoms with Crippen molar-refractivity contribution in [1.29, 1.82) is 0 Å². The number of ketones is 1. The molecule has 28 heavy (non-hydrogen) atoms. The van der Waals surface area contributed by atoms with Crippen LogP contribution >= 0.6 is 11.3 Å². The smallest absolute Gasteiger partial charge is 0.231 e. The summed E-state index contributed by atoms with van der Waals surface area (Å²) < 4.78 is 11.5. The van der Waals surface area contributed by atoms with Crippen LogP contribution in [0.4, 0.5) is 0 Å². The molecule has 0 saturated heterocycles. The zero-order valence-corrected chi connectivity index (χ0v) is 16.4. The molecule has 0 unspecified atom stereocenters. The number of hydrogen-bond donors (Lipinski definition) is 0. The normalized spacial score (nSPS) is 11.9. The van der Waals surface area contributed by atoms with Crippen molar-refractivity contribution in [3.05, 3.63) is 82.4 Å². The maximum absolute atomic E-state index is 13.3. The molecule has 0 spiro atoms. The Kier molecular flexibility index (Phi) is 5.08. The summed E-state index contributed by atoms with van der Waals surface area (Å²) in [6.45, 7) is 3.93. The molecule has 0 atom stereocenters. The maximum Gasteiger partial charge on any atom is 0.231 e. The summed E-state index contributed by atoms with van der Waals surface area (Å²) >= 11 is 1.56. The first-order valence-electron chi connectivity index (χ1n) is 9.03. The summed E-state index contributed by atoms with van der Waals surface area (Å²) in [6.07, 6.45) is 1.91. The Labute approximate surface area is 167 Å². The molecule has 2 aromatic carbocycles. The third-order valence-corrected chi connectivity index (χ3v) is 4.91. The van der Waals surface area contributed by atoms with Crippen molar-refractivity contribution >= 4 is 39.9 Å². The van der Waals surface area contributed by atoms with Crippen LogP contribution in [0.15, 0.2) is 70.5 Å². The molecular formula is C23H19NO3S. The fraction of sp³-hybridized carbons (Fsp3) is 0.130. The van der Waals surface area contributed by atoms with E-state index in [2.05, 4.69) is 4.98 Å². The number of benzene rings is 2. The Hall–Kier alpha value is -3.18. The molecule has 0 radical (unpaired) electrons. The number of fused-ring (bicyclic) bond motifs is 1. The molecule has 2 heterocycles. The first-order chi connectivity index (χ1) is 13.6. The van der Waals surface area contributed by atoms with Crippen molar-refractivity contribution in [2.45, 2.75) is 20.0 Å². The lowest BCUT2D eigenvalue weighted by Crippen LogP contribution is -2.06. The van der Waals surface area contributed by atoms with E-state index in [1.54, 1.807) is 23.5 Å². The molecule has 4 nitrogen and oxygen atoms in total. The van der Waals surface area contributed by atoms with Gasteiger partial charge in [-0.15, -0.1) is 11.3 Å². The number of ether oxygens (including phenoxy) is 1. The Morgan fingerprint density at radius 1 is 1.07 bits per heavy atom. The van der Waals surface area contributed by atoms with E-state index in [1.807, 2.05) is 73.8 Å². The molecule has 4 rings (SSSR count). The van der Waals surface area contributed by atoms with E-state index in [9.17, 15) is 4.79 Å². The highest BCUT2D eigenvalue weighted by molar-refractivity contribution is 7.11. The molecule has 0 bridgehead atoms. The number of oxazole rings is 1. The minimum atomic E-state index is -0.143. The van der Waals surface area contributed by atoms with Gasteiger partial charge >= 0.3 is 0 Å². The number of rotatable bonds is 6. The number of aromatic nitrogens is 1. The quantitative estimate of drug-likeness (QED) is 0.295. The molecule has 0 aliphatic rings. The molecule has 0 aliphatic carbocycles. The van der Waals surface area contributed by atoms with Gasteiger partial charge in [0.15, 0.2) is 11.4 Å². The van der Waals surface area contributed by atoms with Gasteiger partial charge in [-0.1, -0.05) is 18.2 Å². The van der Waals surface area contributed by atoms with Gasteiger partial charge in [0, 0.05) is 10.4 Å². The second kappa shape index (κ2) is 7.82. The summed E-state index contributed by atoms with van der Waals surface area (Å²) in [5.41, 5.74) is 2.36. The van der Waals surface area contributed by atoms with Crippen LogP contribution in [0.25, 0.3) is 22.7 Å². The van der Waals surface area contributed by atoms with E-state index in [0.29, 0.717) is 22.6 Å². The summed E-state index contributed by atoms with van der Waals surface area (Å²) in [7, 11) is 0. The highest BCUT2D eigenvalue weighted by Crippen LogP contribution is 2.28. The van der Waals surface area contributed by atoms with Crippen LogP contribution in [0.2, 0.25) is 0 Å². The van der Waals surface area contributed by atoms with E-state index in [0.717, 1.165) is 16.1 Å². The van der Waals surface area contributed by atoms with Crippen molar-refractivity contribution in [2.24, 2.45) is 0 Å². The monoisotopic (exact) mass is 389 g/mol. The van der Waals surface area contributed by atoms with E-state index in [1.165, 1.54) is 0 Å². The van der Waals surface area contributed by atoms with Crippen LogP contribution in [-0.2, 0) is 0 Å². The number of para-hydroxylation sites is 2. The lowest BCUT2D eigenvalue weighted by molar-refractivity contribution is 0.105. The molecular weight excluding hydrogens is 370 g/mol. The predicted octanol–water partition coefficient (Wildman–Crippen LogP) is 6.10. The van der Waals surface area contributed by atoms with Crippen molar-refractivity contribution in [3.8, 4) is 5.75 Å². The lowest BCUT2D eigenvalue weighted by Gasteiger charge is -2.10. The van der Waals surface area contributed by atoms with Gasteiger partial charge in [0.25, 0.3) is 0 Å². The van der Waals surface area contributed by atoms with Crippen molar-refractivity contribution < 1.29 is 13.9 Å². The van der Waals surface area contributed by atoms with Crippen LogP contribution < -0.4 is 4.74 Å². The Bertz CT molecular complexity index is 1090. The van der Waals surface area contributed by atoms with E-state index >= 15 is 0 Å². The first-order valence-corrected chi connectivity index (χ1v) is 9.91. The number of carbonyl (C=O) groups is 1. The molecule has 0 amide bonds. The number of allylic oxidation sites excluding steroid dienone is 1. The molecule has 0 aliphatic heterocycles. The fourth-order valence-electron chi connectivity index (χ4n) is 2.84. The van der Waals surface area contributed by atoms with Gasteiger partial charge in [-0.25, -0.2) is 4.98 Å². The van der Waals surface area contributed by atoms with Crippen LogP contribution in [0.1, 0.15) is 35.0 Å². The maximum atomic E-state index is 13.3. The minimum absolute atomic E-state index is 0.0792. The zero-order valence-electron chi connectivity index (χ0n) is 15.6. The van der Waals surface area contributed by atoms with Gasteiger partial charge in [-0.05, 0) is 67.8 Å². The van der Waals surface area contributed by atoms with Crippen molar-refractivity contribution in [2.75, 3.05) is 0 Å². The van der Waals surface area contributed by atoms with Crippen LogP contribution in [0.5, 0.6) is 5.75 Å². The largest absolute Gasteiger partial charge is 0.491 e. The average Bonchev–Trinajstić information content (AvgIpc) is 3.35. The molecule has 140 valence electrons. The van der Waals surface area contributed by atoms with Crippen molar-refractivity contribution in [1.82, 2.24) is 4.98 Å². The minimum Gasteiger partial charge on any atom is -0.491 e. The summed E-state index contributed by atoms with van der Waals surface area (Å²) in [6, 6.07) is 18.6. The highest BCUT2D eigenvalue weighted by atomic mass is 32.1. The Morgan fingerprint density at radius 3 is 2.54 bits per heavy atom. The van der Waals surface area contributed by atoms with E-state index in [-0.39, 0.29) is 11.9 Å². The number of carbonyl (C=O) groups excluding carboxylic acids is 1. The third-order valence-electron chi connectivity index (χ3n) is 4.09. The summed E-state index contributed by atoms with van der Waals surface area (Å²) in [4.78, 5) is 18.8. The predicted molar refractivity (Wildman–Crippen MR) is 113 cm³/mol. The second-order valence-electron chi connectivity index (χ2n) is 6.58. The van der Waals surface area contributed by atoms with Crippen LogP contribution in [0, 0.1) is 0 Å². The fourth-order valence-corrected chi connectivity index (χ4v) is 3.50. The van der Waals surface area contributed by atoms with Gasteiger partial charge in [-0.2, -0.15) is 0 Å². The van der Waals surface area contributed by atoms with Gasteiger partial charge < -0.3 is 9.15 Å². The molecule has 0 N–H and O–H groups in total. The SMILES string of the molecule is CC(C)Oc1ccc(C(=O)/C(=C\c2cccs2)c2nc3ccccc3o2)cc1. The van der Waals surface area contributed by atoms with E-state index < -0.39 is 0 Å². The van der Waals surface area contributed by atoms with Crippen LogP contribution in [0.3, 0.4) is 0 Å². The third kappa shape index (κ3) is 3.89.